The molecule has 2 heterocycles. The summed E-state index contributed by atoms with van der Waals surface area (Å²) in [4.78, 5) is 16.6. The Kier molecular flexibility index (Phi) is 6.59. The van der Waals surface area contributed by atoms with Crippen LogP contribution in [-0.4, -0.2) is 62.8 Å². The average Bonchev–Trinajstić information content (AvgIpc) is 3.21. The molecular weight excluding hydrogens is 346 g/mol. The minimum atomic E-state index is -0.0138. The lowest BCUT2D eigenvalue weighted by Gasteiger charge is -2.34. The molecule has 1 N–H and O–H groups in total. The lowest BCUT2D eigenvalue weighted by Crippen LogP contribution is -2.51. The van der Waals surface area contributed by atoms with E-state index in [1.165, 1.54) is 0 Å². The van der Waals surface area contributed by atoms with Crippen LogP contribution >= 0.6 is 0 Å². The normalized spacial score (nSPS) is 14.8. The van der Waals surface area contributed by atoms with Gasteiger partial charge < -0.3 is 24.1 Å². The Morgan fingerprint density at radius 3 is 2.63 bits per heavy atom. The van der Waals surface area contributed by atoms with E-state index in [-0.39, 0.29) is 6.03 Å². The van der Waals surface area contributed by atoms with Gasteiger partial charge in [-0.1, -0.05) is 6.07 Å². The highest BCUT2D eigenvalue weighted by atomic mass is 16.5. The molecule has 1 aliphatic heterocycles. The van der Waals surface area contributed by atoms with Crippen LogP contribution in [0.25, 0.3) is 0 Å². The molecular formula is C20H27N3O4. The maximum atomic E-state index is 12.4. The van der Waals surface area contributed by atoms with Crippen LogP contribution in [0.2, 0.25) is 0 Å². The third-order valence-corrected chi connectivity index (χ3v) is 4.78. The van der Waals surface area contributed by atoms with E-state index < -0.39 is 0 Å². The highest BCUT2D eigenvalue weighted by molar-refractivity contribution is 5.74. The molecule has 7 heteroatoms. The Labute approximate surface area is 159 Å². The molecule has 0 atom stereocenters. The summed E-state index contributed by atoms with van der Waals surface area (Å²) >= 11 is 0. The number of methoxy groups -OCH3 is 2. The zero-order valence-electron chi connectivity index (χ0n) is 15.9. The predicted octanol–water partition coefficient (Wildman–Crippen LogP) is 2.37. The van der Waals surface area contributed by atoms with E-state index >= 15 is 0 Å². The number of amides is 2. The number of piperazine rings is 1. The van der Waals surface area contributed by atoms with Crippen LogP contribution in [0.15, 0.2) is 41.0 Å². The van der Waals surface area contributed by atoms with Crippen LogP contribution < -0.4 is 14.8 Å². The van der Waals surface area contributed by atoms with Crippen molar-refractivity contribution in [2.45, 2.75) is 13.0 Å². The second-order valence-corrected chi connectivity index (χ2v) is 6.50. The smallest absolute Gasteiger partial charge is 0.317 e. The molecule has 1 fully saturated rings. The number of rotatable bonds is 7. The summed E-state index contributed by atoms with van der Waals surface area (Å²) in [6.45, 7) is 4.49. The van der Waals surface area contributed by atoms with Crippen molar-refractivity contribution >= 4 is 6.03 Å². The van der Waals surface area contributed by atoms with Crippen LogP contribution in [0.4, 0.5) is 4.79 Å². The van der Waals surface area contributed by atoms with Gasteiger partial charge in [-0.15, -0.1) is 0 Å². The van der Waals surface area contributed by atoms with E-state index in [9.17, 15) is 4.79 Å². The Morgan fingerprint density at radius 1 is 1.15 bits per heavy atom. The van der Waals surface area contributed by atoms with Crippen molar-refractivity contribution in [2.75, 3.05) is 46.9 Å². The maximum absolute atomic E-state index is 12.4. The highest BCUT2D eigenvalue weighted by Crippen LogP contribution is 2.24. The summed E-state index contributed by atoms with van der Waals surface area (Å²) in [5.41, 5.74) is 1.04. The largest absolute Gasteiger partial charge is 0.497 e. The van der Waals surface area contributed by atoms with Crippen molar-refractivity contribution in [1.29, 1.82) is 0 Å². The first kappa shape index (κ1) is 19.1. The fraction of sp³-hybridized carbons (Fsp3) is 0.450. The van der Waals surface area contributed by atoms with E-state index in [4.69, 9.17) is 13.9 Å². The van der Waals surface area contributed by atoms with Crippen molar-refractivity contribution in [1.82, 2.24) is 15.1 Å². The Bertz CT molecular complexity index is 725. The summed E-state index contributed by atoms with van der Waals surface area (Å²) in [5, 5.41) is 3.00. The number of hydrogen-bond acceptors (Lipinski definition) is 5. The predicted molar refractivity (Wildman–Crippen MR) is 102 cm³/mol. The molecule has 1 aliphatic rings. The molecule has 1 aromatic heterocycles. The van der Waals surface area contributed by atoms with Crippen LogP contribution in [0.5, 0.6) is 11.5 Å². The second-order valence-electron chi connectivity index (χ2n) is 6.50. The number of carbonyl (C=O) groups excluding carboxylic acids is 1. The van der Waals surface area contributed by atoms with Gasteiger partial charge in [0.1, 0.15) is 17.3 Å². The van der Waals surface area contributed by atoms with Gasteiger partial charge in [0.05, 0.1) is 27.0 Å². The average molecular weight is 373 g/mol. The number of ether oxygens (including phenoxy) is 2. The number of nitrogens with one attached hydrogen (secondary N) is 1. The van der Waals surface area contributed by atoms with Crippen molar-refractivity contribution in [2.24, 2.45) is 0 Å². The number of urea groups is 1. The fourth-order valence-corrected chi connectivity index (χ4v) is 3.21. The minimum Gasteiger partial charge on any atom is -0.497 e. The molecule has 0 unspecified atom stereocenters. The fourth-order valence-electron chi connectivity index (χ4n) is 3.21. The Morgan fingerprint density at radius 2 is 1.96 bits per heavy atom. The molecule has 0 aliphatic carbocycles. The molecule has 0 radical (unpaired) electrons. The van der Waals surface area contributed by atoms with E-state index in [0.717, 1.165) is 55.5 Å². The molecule has 2 aromatic rings. The number of hydrogen-bond donors (Lipinski definition) is 1. The van der Waals surface area contributed by atoms with Crippen LogP contribution in [0, 0.1) is 0 Å². The zero-order valence-corrected chi connectivity index (χ0v) is 15.9. The van der Waals surface area contributed by atoms with Crippen molar-refractivity contribution in [3.63, 3.8) is 0 Å². The van der Waals surface area contributed by atoms with Gasteiger partial charge in [0.15, 0.2) is 0 Å². The zero-order chi connectivity index (χ0) is 19.1. The molecule has 27 heavy (non-hydrogen) atoms. The van der Waals surface area contributed by atoms with Crippen molar-refractivity contribution in [3.05, 3.63) is 47.9 Å². The van der Waals surface area contributed by atoms with E-state index in [1.807, 2.05) is 35.2 Å². The van der Waals surface area contributed by atoms with Gasteiger partial charge in [0.25, 0.3) is 0 Å². The summed E-state index contributed by atoms with van der Waals surface area (Å²) in [6.07, 6.45) is 2.40. The molecule has 7 nitrogen and oxygen atoms in total. The van der Waals surface area contributed by atoms with Gasteiger partial charge in [0, 0.05) is 38.8 Å². The lowest BCUT2D eigenvalue weighted by atomic mass is 10.1. The number of carbonyl (C=O) groups is 1. The molecule has 0 spiro atoms. The molecule has 1 aromatic carbocycles. The van der Waals surface area contributed by atoms with Crippen molar-refractivity contribution in [3.8, 4) is 11.5 Å². The van der Waals surface area contributed by atoms with E-state index in [1.54, 1.807) is 20.5 Å². The number of benzene rings is 1. The third-order valence-electron chi connectivity index (χ3n) is 4.78. The number of nitrogens with zero attached hydrogens (tertiary/aromatic N) is 2. The molecule has 0 saturated carbocycles. The summed E-state index contributed by atoms with van der Waals surface area (Å²) < 4.78 is 16.0. The molecule has 2 amide bonds. The summed E-state index contributed by atoms with van der Waals surface area (Å²) in [5.74, 6) is 2.49. The first-order chi connectivity index (χ1) is 13.2. The summed E-state index contributed by atoms with van der Waals surface area (Å²) in [7, 11) is 3.27. The van der Waals surface area contributed by atoms with Gasteiger partial charge >= 0.3 is 6.03 Å². The SMILES string of the molecule is COc1ccc(CCNC(=O)N2CCN(Cc3ccco3)CC2)c(OC)c1. The number of furan rings is 1. The highest BCUT2D eigenvalue weighted by Gasteiger charge is 2.21. The minimum absolute atomic E-state index is 0.0138. The second kappa shape index (κ2) is 9.32. The quantitative estimate of drug-likeness (QED) is 0.807. The third kappa shape index (κ3) is 5.17. The van der Waals surface area contributed by atoms with Gasteiger partial charge in [-0.2, -0.15) is 0 Å². The standard InChI is InChI=1S/C20H27N3O4/c1-25-17-6-5-16(19(14-17)26-2)7-8-21-20(24)23-11-9-22(10-12-23)15-18-4-3-13-27-18/h3-6,13-14H,7-12,15H2,1-2H3,(H,21,24). The van der Waals surface area contributed by atoms with E-state index in [2.05, 4.69) is 10.2 Å². The van der Waals surface area contributed by atoms with Crippen molar-refractivity contribution < 1.29 is 18.7 Å². The van der Waals surface area contributed by atoms with Gasteiger partial charge in [-0.25, -0.2) is 4.79 Å². The Balaban J connectivity index is 1.41. The molecule has 146 valence electrons. The van der Waals surface area contributed by atoms with Gasteiger partial charge in [-0.05, 0) is 30.2 Å². The molecule has 0 bridgehead atoms. The monoisotopic (exact) mass is 373 g/mol. The Hall–Kier alpha value is -2.67. The molecule has 1 saturated heterocycles. The molecule has 3 rings (SSSR count). The van der Waals surface area contributed by atoms with E-state index in [0.29, 0.717) is 13.0 Å². The van der Waals surface area contributed by atoms with Crippen LogP contribution in [0.3, 0.4) is 0 Å². The maximum Gasteiger partial charge on any atom is 0.317 e. The topological polar surface area (TPSA) is 67.2 Å². The van der Waals surface area contributed by atoms with Crippen LogP contribution in [-0.2, 0) is 13.0 Å². The van der Waals surface area contributed by atoms with Gasteiger partial charge in [-0.3, -0.25) is 4.90 Å². The van der Waals surface area contributed by atoms with Crippen LogP contribution in [0.1, 0.15) is 11.3 Å². The summed E-state index contributed by atoms with van der Waals surface area (Å²) in [6, 6.07) is 9.59. The lowest BCUT2D eigenvalue weighted by molar-refractivity contribution is 0.130. The first-order valence-electron chi connectivity index (χ1n) is 9.18. The van der Waals surface area contributed by atoms with Gasteiger partial charge in [0.2, 0.25) is 0 Å². The first-order valence-corrected chi connectivity index (χ1v) is 9.18.